The van der Waals surface area contributed by atoms with Crippen molar-refractivity contribution in [3.8, 4) is 11.4 Å². The van der Waals surface area contributed by atoms with Crippen LogP contribution in [-0.2, 0) is 4.74 Å². The van der Waals surface area contributed by atoms with E-state index in [4.69, 9.17) is 9.47 Å². The SMILES string of the molecule is COc1ccc(C)cc1-n1nnnc1SCCOC(=O)c1ccccc1. The van der Waals surface area contributed by atoms with Gasteiger partial charge in [-0.15, -0.1) is 5.10 Å². The first-order valence-electron chi connectivity index (χ1n) is 7.97. The van der Waals surface area contributed by atoms with Crippen LogP contribution >= 0.6 is 11.8 Å². The van der Waals surface area contributed by atoms with Gasteiger partial charge in [-0.25, -0.2) is 4.79 Å². The summed E-state index contributed by atoms with van der Waals surface area (Å²) >= 11 is 1.40. The number of carbonyl (C=O) groups is 1. The van der Waals surface area contributed by atoms with Gasteiger partial charge in [0, 0.05) is 5.75 Å². The Hall–Kier alpha value is -2.87. The fraction of sp³-hybridized carbons (Fsp3) is 0.222. The van der Waals surface area contributed by atoms with Crippen molar-refractivity contribution in [2.75, 3.05) is 19.5 Å². The van der Waals surface area contributed by atoms with Crippen molar-refractivity contribution >= 4 is 17.7 Å². The van der Waals surface area contributed by atoms with Crippen molar-refractivity contribution < 1.29 is 14.3 Å². The molecule has 0 spiro atoms. The number of methoxy groups -OCH3 is 1. The van der Waals surface area contributed by atoms with Gasteiger partial charge in [-0.2, -0.15) is 4.68 Å². The fourth-order valence-corrected chi connectivity index (χ4v) is 3.01. The number of hydrogen-bond donors (Lipinski definition) is 0. The van der Waals surface area contributed by atoms with Crippen LogP contribution in [-0.4, -0.2) is 45.6 Å². The molecular weight excluding hydrogens is 352 g/mol. The minimum absolute atomic E-state index is 0.260. The van der Waals surface area contributed by atoms with Crippen LogP contribution in [0.5, 0.6) is 5.75 Å². The van der Waals surface area contributed by atoms with Crippen molar-refractivity contribution in [3.63, 3.8) is 0 Å². The van der Waals surface area contributed by atoms with Gasteiger partial charge in [0.2, 0.25) is 5.16 Å². The number of carbonyl (C=O) groups excluding carboxylic acids is 1. The van der Waals surface area contributed by atoms with Gasteiger partial charge in [0.25, 0.3) is 0 Å². The lowest BCUT2D eigenvalue weighted by atomic mass is 10.2. The number of aromatic nitrogens is 4. The van der Waals surface area contributed by atoms with E-state index >= 15 is 0 Å². The van der Waals surface area contributed by atoms with Crippen molar-refractivity contribution in [2.45, 2.75) is 12.1 Å². The summed E-state index contributed by atoms with van der Waals surface area (Å²) in [5.41, 5.74) is 2.37. The smallest absolute Gasteiger partial charge is 0.338 e. The number of tetrazole rings is 1. The molecule has 3 rings (SSSR count). The summed E-state index contributed by atoms with van der Waals surface area (Å²) in [6.45, 7) is 2.25. The first-order chi connectivity index (χ1) is 12.7. The third-order valence-electron chi connectivity index (χ3n) is 3.56. The molecule has 0 fully saturated rings. The Morgan fingerprint density at radius 1 is 1.19 bits per heavy atom. The molecule has 0 aliphatic heterocycles. The first kappa shape index (κ1) is 17.9. The van der Waals surface area contributed by atoms with E-state index in [1.807, 2.05) is 31.2 Å². The predicted octanol–water partition coefficient (Wildman–Crippen LogP) is 2.93. The number of nitrogens with zero attached hydrogens (tertiary/aromatic N) is 4. The van der Waals surface area contributed by atoms with Crippen LogP contribution in [0.2, 0.25) is 0 Å². The molecule has 0 radical (unpaired) electrons. The standard InChI is InChI=1S/C18H18N4O3S/c1-13-8-9-16(24-2)15(12-13)22-18(19-20-21-22)26-11-10-25-17(23)14-6-4-3-5-7-14/h3-9,12H,10-11H2,1-2H3. The van der Waals surface area contributed by atoms with Crippen LogP contribution in [0.25, 0.3) is 5.69 Å². The van der Waals surface area contributed by atoms with Crippen molar-refractivity contribution in [1.82, 2.24) is 20.2 Å². The zero-order valence-corrected chi connectivity index (χ0v) is 15.3. The quantitative estimate of drug-likeness (QED) is 0.359. The maximum Gasteiger partial charge on any atom is 0.338 e. The molecule has 3 aromatic rings. The molecule has 134 valence electrons. The molecule has 2 aromatic carbocycles. The Balaban J connectivity index is 1.62. The number of thioether (sulfide) groups is 1. The maximum atomic E-state index is 11.9. The lowest BCUT2D eigenvalue weighted by molar-refractivity contribution is 0.0530. The third kappa shape index (κ3) is 4.20. The average molecular weight is 370 g/mol. The molecule has 1 heterocycles. The number of aryl methyl sites for hydroxylation is 1. The summed E-state index contributed by atoms with van der Waals surface area (Å²) in [4.78, 5) is 11.9. The Bertz CT molecular complexity index is 883. The van der Waals surface area contributed by atoms with Gasteiger partial charge in [-0.1, -0.05) is 36.0 Å². The Kier molecular flexibility index (Phi) is 5.85. The molecule has 0 aliphatic carbocycles. The average Bonchev–Trinajstić information content (AvgIpc) is 3.14. The summed E-state index contributed by atoms with van der Waals surface area (Å²) < 4.78 is 12.3. The topological polar surface area (TPSA) is 79.1 Å². The van der Waals surface area contributed by atoms with Gasteiger partial charge >= 0.3 is 5.97 Å². The van der Waals surface area contributed by atoms with Gasteiger partial charge in [-0.3, -0.25) is 0 Å². The van der Waals surface area contributed by atoms with Crippen LogP contribution in [0.15, 0.2) is 53.7 Å². The molecule has 0 unspecified atom stereocenters. The van der Waals surface area contributed by atoms with Crippen molar-refractivity contribution in [2.24, 2.45) is 0 Å². The minimum Gasteiger partial charge on any atom is -0.494 e. The first-order valence-corrected chi connectivity index (χ1v) is 8.96. The predicted molar refractivity (Wildman–Crippen MR) is 97.9 cm³/mol. The molecule has 7 nitrogen and oxygen atoms in total. The van der Waals surface area contributed by atoms with Gasteiger partial charge in [0.1, 0.15) is 18.0 Å². The van der Waals surface area contributed by atoms with E-state index in [9.17, 15) is 4.79 Å². The Morgan fingerprint density at radius 2 is 2.00 bits per heavy atom. The van der Waals surface area contributed by atoms with E-state index in [-0.39, 0.29) is 12.6 Å². The second kappa shape index (κ2) is 8.48. The molecule has 0 bridgehead atoms. The molecule has 8 heteroatoms. The van der Waals surface area contributed by atoms with E-state index in [2.05, 4.69) is 15.5 Å². The summed E-state index contributed by atoms with van der Waals surface area (Å²) in [5.74, 6) is 0.874. The van der Waals surface area contributed by atoms with Crippen LogP contribution in [0, 0.1) is 6.92 Å². The van der Waals surface area contributed by atoms with Gasteiger partial charge < -0.3 is 9.47 Å². The maximum absolute atomic E-state index is 11.9. The molecule has 26 heavy (non-hydrogen) atoms. The highest BCUT2D eigenvalue weighted by Crippen LogP contribution is 2.26. The highest BCUT2D eigenvalue weighted by atomic mass is 32.2. The van der Waals surface area contributed by atoms with E-state index in [1.54, 1.807) is 36.1 Å². The molecule has 0 amide bonds. The third-order valence-corrected chi connectivity index (χ3v) is 4.44. The summed E-state index contributed by atoms with van der Waals surface area (Å²) in [6.07, 6.45) is 0. The lowest BCUT2D eigenvalue weighted by Gasteiger charge is -2.10. The number of hydrogen-bond acceptors (Lipinski definition) is 7. The molecule has 1 aromatic heterocycles. The lowest BCUT2D eigenvalue weighted by Crippen LogP contribution is -2.08. The van der Waals surface area contributed by atoms with E-state index in [1.165, 1.54) is 11.8 Å². The summed E-state index contributed by atoms with van der Waals surface area (Å²) in [7, 11) is 1.61. The van der Waals surface area contributed by atoms with Crippen LogP contribution in [0.3, 0.4) is 0 Å². The van der Waals surface area contributed by atoms with Crippen LogP contribution in [0.4, 0.5) is 0 Å². The van der Waals surface area contributed by atoms with Gasteiger partial charge in [0.05, 0.1) is 12.7 Å². The number of esters is 1. The zero-order valence-electron chi connectivity index (χ0n) is 14.5. The monoisotopic (exact) mass is 370 g/mol. The molecule has 0 N–H and O–H groups in total. The summed E-state index contributed by atoms with van der Waals surface area (Å²) in [5, 5.41) is 12.4. The number of rotatable bonds is 7. The highest BCUT2D eigenvalue weighted by Gasteiger charge is 2.14. The number of benzene rings is 2. The van der Waals surface area contributed by atoms with E-state index in [0.29, 0.717) is 22.2 Å². The highest BCUT2D eigenvalue weighted by molar-refractivity contribution is 7.99. The normalized spacial score (nSPS) is 10.5. The van der Waals surface area contributed by atoms with Gasteiger partial charge in [0.15, 0.2) is 0 Å². The fourth-order valence-electron chi connectivity index (χ4n) is 2.31. The molecule has 0 saturated heterocycles. The van der Waals surface area contributed by atoms with Crippen LogP contribution in [0.1, 0.15) is 15.9 Å². The largest absolute Gasteiger partial charge is 0.494 e. The molecule has 0 atom stereocenters. The van der Waals surface area contributed by atoms with Gasteiger partial charge in [-0.05, 0) is 47.2 Å². The Morgan fingerprint density at radius 3 is 2.77 bits per heavy atom. The minimum atomic E-state index is -0.342. The van der Waals surface area contributed by atoms with Crippen LogP contribution < -0.4 is 4.74 Å². The number of ether oxygens (including phenoxy) is 2. The van der Waals surface area contributed by atoms with E-state index < -0.39 is 0 Å². The van der Waals surface area contributed by atoms with E-state index in [0.717, 1.165) is 11.3 Å². The van der Waals surface area contributed by atoms with Crippen molar-refractivity contribution in [3.05, 3.63) is 59.7 Å². The second-order valence-corrected chi connectivity index (χ2v) is 6.46. The molecule has 0 aliphatic rings. The Labute approximate surface area is 155 Å². The molecule has 0 saturated carbocycles. The second-order valence-electron chi connectivity index (χ2n) is 5.40. The zero-order chi connectivity index (χ0) is 18.4. The summed E-state index contributed by atoms with van der Waals surface area (Å²) in [6, 6.07) is 14.7. The molecular formula is C18H18N4O3S. The van der Waals surface area contributed by atoms with Crippen molar-refractivity contribution in [1.29, 1.82) is 0 Å².